The van der Waals surface area contributed by atoms with Crippen molar-refractivity contribution in [1.29, 1.82) is 0 Å². The maximum atomic E-state index is 9.52. The van der Waals surface area contributed by atoms with Crippen molar-refractivity contribution < 1.29 is 5.11 Å². The van der Waals surface area contributed by atoms with Gasteiger partial charge in [-0.15, -0.1) is 11.3 Å². The van der Waals surface area contributed by atoms with Gasteiger partial charge in [-0.3, -0.25) is 0 Å². The first-order chi connectivity index (χ1) is 5.25. The van der Waals surface area contributed by atoms with Crippen LogP contribution in [0.15, 0.2) is 11.4 Å². The summed E-state index contributed by atoms with van der Waals surface area (Å²) >= 11 is 1.59. The monoisotopic (exact) mass is 171 g/mol. The fourth-order valence-corrected chi connectivity index (χ4v) is 1.96. The molecule has 1 rings (SSSR count). The van der Waals surface area contributed by atoms with Crippen molar-refractivity contribution >= 4 is 11.3 Å². The van der Waals surface area contributed by atoms with Gasteiger partial charge in [0.15, 0.2) is 0 Å². The molecule has 11 heavy (non-hydrogen) atoms. The summed E-state index contributed by atoms with van der Waals surface area (Å²) in [5.41, 5.74) is 6.49. The normalized spacial score (nSPS) is 13.4. The third-order valence-corrected chi connectivity index (χ3v) is 2.76. The van der Waals surface area contributed by atoms with Crippen molar-refractivity contribution in [3.63, 3.8) is 0 Å². The van der Waals surface area contributed by atoms with Crippen molar-refractivity contribution in [3.05, 3.63) is 21.9 Å². The number of hydrogen-bond acceptors (Lipinski definition) is 3. The Morgan fingerprint density at radius 1 is 1.73 bits per heavy atom. The van der Waals surface area contributed by atoms with E-state index in [2.05, 4.69) is 0 Å². The summed E-state index contributed by atoms with van der Waals surface area (Å²) in [4.78, 5) is 1.05. The molecule has 0 saturated carbocycles. The Kier molecular flexibility index (Phi) is 3.05. The lowest BCUT2D eigenvalue weighted by molar-refractivity contribution is 0.173. The second-order valence-electron chi connectivity index (χ2n) is 2.56. The molecule has 62 valence electrons. The van der Waals surface area contributed by atoms with Gasteiger partial charge in [0.25, 0.3) is 0 Å². The van der Waals surface area contributed by atoms with E-state index in [9.17, 15) is 5.11 Å². The predicted molar refractivity (Wildman–Crippen MR) is 47.7 cm³/mol. The molecule has 3 N–H and O–H groups in total. The van der Waals surface area contributed by atoms with Gasteiger partial charge in [0.05, 0.1) is 6.10 Å². The van der Waals surface area contributed by atoms with E-state index in [1.165, 1.54) is 0 Å². The zero-order valence-electron chi connectivity index (χ0n) is 6.58. The molecule has 0 amide bonds. The van der Waals surface area contributed by atoms with E-state index in [1.807, 2.05) is 18.4 Å². The van der Waals surface area contributed by atoms with Gasteiger partial charge in [-0.25, -0.2) is 0 Å². The van der Waals surface area contributed by atoms with E-state index in [0.29, 0.717) is 13.0 Å². The van der Waals surface area contributed by atoms with Crippen LogP contribution >= 0.6 is 11.3 Å². The number of aliphatic hydroxyl groups excluding tert-OH is 1. The van der Waals surface area contributed by atoms with Crippen molar-refractivity contribution in [2.45, 2.75) is 19.4 Å². The lowest BCUT2D eigenvalue weighted by atomic mass is 10.1. The molecule has 1 atom stereocenters. The highest BCUT2D eigenvalue weighted by atomic mass is 32.1. The summed E-state index contributed by atoms with van der Waals surface area (Å²) in [7, 11) is 0. The zero-order valence-corrected chi connectivity index (χ0v) is 7.40. The smallest absolute Gasteiger partial charge is 0.0896 e. The minimum absolute atomic E-state index is 0.361. The van der Waals surface area contributed by atoms with Crippen LogP contribution in [0, 0.1) is 6.92 Å². The molecular formula is C8H13NOS. The molecule has 1 aromatic rings. The predicted octanol–water partition coefficient (Wildman–Crippen LogP) is 1.44. The highest BCUT2D eigenvalue weighted by molar-refractivity contribution is 7.10. The number of thiophene rings is 1. The van der Waals surface area contributed by atoms with E-state index < -0.39 is 0 Å². The van der Waals surface area contributed by atoms with Crippen LogP contribution in [0.2, 0.25) is 0 Å². The molecule has 0 unspecified atom stereocenters. The van der Waals surface area contributed by atoms with Crippen molar-refractivity contribution in [2.24, 2.45) is 5.73 Å². The first kappa shape index (κ1) is 8.71. The molecule has 0 aliphatic heterocycles. The number of aliphatic hydroxyl groups is 1. The maximum Gasteiger partial charge on any atom is 0.0896 e. The number of nitrogens with two attached hydrogens (primary N) is 1. The third kappa shape index (κ3) is 2.02. The summed E-state index contributed by atoms with van der Waals surface area (Å²) in [6.45, 7) is 2.55. The largest absolute Gasteiger partial charge is 0.388 e. The van der Waals surface area contributed by atoms with Crippen LogP contribution in [0.4, 0.5) is 0 Å². The fraction of sp³-hybridized carbons (Fsp3) is 0.500. The van der Waals surface area contributed by atoms with Crippen molar-refractivity contribution in [1.82, 2.24) is 0 Å². The molecule has 2 nitrogen and oxygen atoms in total. The van der Waals surface area contributed by atoms with E-state index in [0.717, 1.165) is 10.4 Å². The molecule has 0 aliphatic carbocycles. The Balaban J connectivity index is 2.67. The van der Waals surface area contributed by atoms with Crippen LogP contribution in [0.3, 0.4) is 0 Å². The summed E-state index contributed by atoms with van der Waals surface area (Å²) in [6.07, 6.45) is 0.293. The van der Waals surface area contributed by atoms with Crippen LogP contribution < -0.4 is 5.73 Å². The minimum atomic E-state index is -0.361. The van der Waals surface area contributed by atoms with Crippen LogP contribution in [0.25, 0.3) is 0 Å². The molecule has 0 spiro atoms. The van der Waals surface area contributed by atoms with Gasteiger partial charge >= 0.3 is 0 Å². The van der Waals surface area contributed by atoms with Gasteiger partial charge < -0.3 is 10.8 Å². The molecule has 0 aliphatic rings. The highest BCUT2D eigenvalue weighted by Gasteiger charge is 2.09. The molecule has 0 fully saturated rings. The summed E-state index contributed by atoms with van der Waals surface area (Å²) in [5, 5.41) is 11.5. The second-order valence-corrected chi connectivity index (χ2v) is 3.51. The molecule has 1 heterocycles. The first-order valence-corrected chi connectivity index (χ1v) is 4.55. The van der Waals surface area contributed by atoms with E-state index >= 15 is 0 Å². The fourth-order valence-electron chi connectivity index (χ4n) is 1.01. The first-order valence-electron chi connectivity index (χ1n) is 3.68. The standard InChI is InChI=1S/C8H13NOS/c1-6-3-5-11-8(6)7(10)2-4-9/h3,5,7,10H,2,4,9H2,1H3/t7-/m1/s1. The van der Waals surface area contributed by atoms with Gasteiger partial charge in [0.2, 0.25) is 0 Å². The van der Waals surface area contributed by atoms with Crippen molar-refractivity contribution in [3.8, 4) is 0 Å². The van der Waals surface area contributed by atoms with Crippen molar-refractivity contribution in [2.75, 3.05) is 6.54 Å². The van der Waals surface area contributed by atoms with Gasteiger partial charge in [0, 0.05) is 4.88 Å². The Hall–Kier alpha value is -0.380. The Labute approximate surface area is 70.7 Å². The molecule has 0 aromatic carbocycles. The average molecular weight is 171 g/mol. The topological polar surface area (TPSA) is 46.2 Å². The average Bonchev–Trinajstić information content (AvgIpc) is 2.36. The van der Waals surface area contributed by atoms with Gasteiger partial charge in [0.1, 0.15) is 0 Å². The van der Waals surface area contributed by atoms with Crippen LogP contribution in [0.5, 0.6) is 0 Å². The van der Waals surface area contributed by atoms with Crippen LogP contribution in [-0.4, -0.2) is 11.7 Å². The van der Waals surface area contributed by atoms with Gasteiger partial charge in [-0.1, -0.05) is 0 Å². The van der Waals surface area contributed by atoms with Crippen LogP contribution in [0.1, 0.15) is 23.0 Å². The molecular weight excluding hydrogens is 158 g/mol. The molecule has 0 saturated heterocycles. The highest BCUT2D eigenvalue weighted by Crippen LogP contribution is 2.25. The van der Waals surface area contributed by atoms with E-state index in [4.69, 9.17) is 5.73 Å². The number of aryl methyl sites for hydroxylation is 1. The molecule has 3 heteroatoms. The quantitative estimate of drug-likeness (QED) is 0.723. The van der Waals surface area contributed by atoms with E-state index in [1.54, 1.807) is 11.3 Å². The lowest BCUT2D eigenvalue weighted by Crippen LogP contribution is -2.06. The Morgan fingerprint density at radius 2 is 2.45 bits per heavy atom. The van der Waals surface area contributed by atoms with E-state index in [-0.39, 0.29) is 6.10 Å². The Bertz CT molecular complexity index is 222. The molecule has 0 bridgehead atoms. The molecule has 0 radical (unpaired) electrons. The third-order valence-electron chi connectivity index (χ3n) is 1.64. The van der Waals surface area contributed by atoms with Gasteiger partial charge in [-0.2, -0.15) is 0 Å². The van der Waals surface area contributed by atoms with Crippen LogP contribution in [-0.2, 0) is 0 Å². The van der Waals surface area contributed by atoms with Gasteiger partial charge in [-0.05, 0) is 36.9 Å². The summed E-state index contributed by atoms with van der Waals surface area (Å²) < 4.78 is 0. The SMILES string of the molecule is Cc1ccsc1[C@H](O)CCN. The minimum Gasteiger partial charge on any atom is -0.388 e. The zero-order chi connectivity index (χ0) is 8.27. The molecule has 1 aromatic heterocycles. The lowest BCUT2D eigenvalue weighted by Gasteiger charge is -2.07. The summed E-state index contributed by atoms with van der Waals surface area (Å²) in [5.74, 6) is 0. The number of hydrogen-bond donors (Lipinski definition) is 2. The second kappa shape index (κ2) is 3.85. The maximum absolute atomic E-state index is 9.52. The summed E-state index contributed by atoms with van der Waals surface area (Å²) in [6, 6.07) is 2.01. The number of rotatable bonds is 3. The Morgan fingerprint density at radius 3 is 2.91 bits per heavy atom.